The molecule has 1 aromatic heterocycles. The predicted molar refractivity (Wildman–Crippen MR) is 185 cm³/mol. The summed E-state index contributed by atoms with van der Waals surface area (Å²) in [7, 11) is 1.46. The van der Waals surface area contributed by atoms with Crippen molar-refractivity contribution in [3.63, 3.8) is 0 Å². The first kappa shape index (κ1) is 31.7. The van der Waals surface area contributed by atoms with E-state index in [1.165, 1.54) is 43.8 Å². The number of benzene rings is 3. The number of fused-ring (bicyclic) bond motifs is 1. The fraction of sp³-hybridized carbons (Fsp3) is 0.286. The number of hydrogen-bond donors (Lipinski definition) is 2. The van der Waals surface area contributed by atoms with Gasteiger partial charge in [0.25, 0.3) is 5.91 Å². The van der Waals surface area contributed by atoms with Crippen molar-refractivity contribution in [3.8, 4) is 28.4 Å². The molecule has 2 saturated heterocycles. The molecule has 1 amide bonds. The number of aromatic amines is 1. The minimum Gasteiger partial charge on any atom is -0.493 e. The number of aromatic nitrogens is 1. The van der Waals surface area contributed by atoms with Gasteiger partial charge in [-0.2, -0.15) is 0 Å². The Balaban J connectivity index is 1.16. The van der Waals surface area contributed by atoms with Gasteiger partial charge in [-0.05, 0) is 103 Å². The van der Waals surface area contributed by atoms with E-state index in [2.05, 4.69) is 46.3 Å². The van der Waals surface area contributed by atoms with Crippen molar-refractivity contribution in [1.82, 2.24) is 14.8 Å². The summed E-state index contributed by atoms with van der Waals surface area (Å²) in [5.74, 6) is 0.304. The van der Waals surface area contributed by atoms with Crippen molar-refractivity contribution >= 4 is 57.2 Å². The molecule has 0 atom stereocenters. The molecule has 46 heavy (non-hydrogen) atoms. The Labute approximate surface area is 277 Å². The second kappa shape index (κ2) is 14.4. The summed E-state index contributed by atoms with van der Waals surface area (Å²) in [6, 6.07) is 18.9. The number of carbonyl (C=O) groups is 2. The number of carboxylic acids is 1. The highest BCUT2D eigenvalue weighted by Crippen LogP contribution is 2.36. The summed E-state index contributed by atoms with van der Waals surface area (Å²) in [5.41, 5.74) is 4.12. The van der Waals surface area contributed by atoms with E-state index in [4.69, 9.17) is 26.4 Å². The van der Waals surface area contributed by atoms with Crippen molar-refractivity contribution in [2.24, 2.45) is 0 Å². The third kappa shape index (κ3) is 7.22. The first-order chi connectivity index (χ1) is 22.4. The zero-order valence-electron chi connectivity index (χ0n) is 25.5. The lowest BCUT2D eigenvalue weighted by Gasteiger charge is -2.17. The molecular formula is C35H35N3O6S2. The Bertz CT molecular complexity index is 1800. The van der Waals surface area contributed by atoms with E-state index in [9.17, 15) is 14.7 Å². The second-order valence-electron chi connectivity index (χ2n) is 11.1. The van der Waals surface area contributed by atoms with Gasteiger partial charge >= 0.3 is 5.97 Å². The van der Waals surface area contributed by atoms with Crippen LogP contribution in [0, 0.1) is 0 Å². The van der Waals surface area contributed by atoms with Crippen LogP contribution in [0.5, 0.6) is 17.2 Å². The molecule has 9 nitrogen and oxygen atoms in total. The number of thioether (sulfide) groups is 1. The van der Waals surface area contributed by atoms with Gasteiger partial charge in [0.05, 0.1) is 24.2 Å². The molecule has 238 valence electrons. The third-order valence-electron chi connectivity index (χ3n) is 8.11. The van der Waals surface area contributed by atoms with Crippen LogP contribution in [-0.2, 0) is 4.79 Å². The van der Waals surface area contributed by atoms with Gasteiger partial charge in [-0.3, -0.25) is 14.6 Å². The van der Waals surface area contributed by atoms with Gasteiger partial charge in [0, 0.05) is 30.4 Å². The number of carbonyl (C=O) groups excluding carboxylic acids is 1. The standard InChI is InChI=1S/C35H35N3O6S2/c1-42-31-21-26(34(40)41)7-10-30(31)43-17-4-15-38-33(39)32(46-35(38)45)22-27-20-24(23-5-8-28-25(19-23)11-12-36-28)6-9-29(27)44-18-16-37-13-2-3-14-37/h5-12,19-22,36H,2-4,13-18H2,1H3,(H,40,41). The average molecular weight is 658 g/mol. The molecule has 0 unspecified atom stereocenters. The van der Waals surface area contributed by atoms with E-state index in [0.29, 0.717) is 46.9 Å². The quantitative estimate of drug-likeness (QED) is 0.0925. The maximum absolute atomic E-state index is 13.5. The highest BCUT2D eigenvalue weighted by molar-refractivity contribution is 8.26. The first-order valence-corrected chi connectivity index (χ1v) is 16.5. The van der Waals surface area contributed by atoms with E-state index in [-0.39, 0.29) is 11.5 Å². The van der Waals surface area contributed by atoms with Crippen LogP contribution in [0.2, 0.25) is 0 Å². The number of ether oxygens (including phenoxy) is 3. The molecule has 3 aromatic carbocycles. The Kier molecular flexibility index (Phi) is 9.91. The molecule has 11 heteroatoms. The fourth-order valence-electron chi connectivity index (χ4n) is 5.65. The lowest BCUT2D eigenvalue weighted by Crippen LogP contribution is -2.30. The van der Waals surface area contributed by atoms with Crippen LogP contribution >= 0.6 is 24.0 Å². The van der Waals surface area contributed by atoms with Crippen molar-refractivity contribution in [2.75, 3.05) is 46.5 Å². The number of hydrogen-bond acceptors (Lipinski definition) is 8. The summed E-state index contributed by atoms with van der Waals surface area (Å²) >= 11 is 6.89. The van der Waals surface area contributed by atoms with E-state index in [1.54, 1.807) is 11.0 Å². The Morgan fingerprint density at radius 2 is 1.72 bits per heavy atom. The molecule has 0 spiro atoms. The number of aromatic carboxylic acids is 1. The number of nitrogens with one attached hydrogen (secondary N) is 1. The molecule has 0 saturated carbocycles. The smallest absolute Gasteiger partial charge is 0.335 e. The second-order valence-corrected chi connectivity index (χ2v) is 12.8. The minimum atomic E-state index is -1.04. The Hall–Kier alpha value is -4.32. The molecular weight excluding hydrogens is 623 g/mol. The van der Waals surface area contributed by atoms with Crippen LogP contribution in [-0.4, -0.2) is 82.6 Å². The van der Waals surface area contributed by atoms with Crippen molar-refractivity contribution in [3.05, 3.63) is 82.9 Å². The van der Waals surface area contributed by atoms with Gasteiger partial charge in [0.2, 0.25) is 0 Å². The first-order valence-electron chi connectivity index (χ1n) is 15.3. The lowest BCUT2D eigenvalue weighted by atomic mass is 10.0. The monoisotopic (exact) mass is 657 g/mol. The van der Waals surface area contributed by atoms with E-state index in [1.807, 2.05) is 18.3 Å². The number of amides is 1. The van der Waals surface area contributed by atoms with Crippen LogP contribution in [0.1, 0.15) is 35.2 Å². The fourth-order valence-corrected chi connectivity index (χ4v) is 6.95. The number of nitrogens with zero attached hydrogens (tertiary/aromatic N) is 2. The Morgan fingerprint density at radius 3 is 2.52 bits per heavy atom. The highest BCUT2D eigenvalue weighted by Gasteiger charge is 2.32. The van der Waals surface area contributed by atoms with E-state index < -0.39 is 5.97 Å². The number of rotatable bonds is 13. The molecule has 3 heterocycles. The van der Waals surface area contributed by atoms with Crippen LogP contribution in [0.3, 0.4) is 0 Å². The molecule has 0 bridgehead atoms. The third-order valence-corrected chi connectivity index (χ3v) is 9.49. The van der Waals surface area contributed by atoms with Gasteiger partial charge < -0.3 is 24.3 Å². The minimum absolute atomic E-state index is 0.112. The summed E-state index contributed by atoms with van der Waals surface area (Å²) < 4.78 is 17.9. The largest absolute Gasteiger partial charge is 0.493 e. The van der Waals surface area contributed by atoms with Crippen molar-refractivity contribution in [2.45, 2.75) is 19.3 Å². The molecule has 6 rings (SSSR count). The van der Waals surface area contributed by atoms with Crippen LogP contribution < -0.4 is 14.2 Å². The SMILES string of the molecule is COc1cc(C(=O)O)ccc1OCCCN1C(=O)C(=Cc2cc(-c3ccc4[nH]ccc4c3)ccc2OCCN2CCCC2)SC1=S. The maximum atomic E-state index is 13.5. The predicted octanol–water partition coefficient (Wildman–Crippen LogP) is 6.69. The Morgan fingerprint density at radius 1 is 0.957 bits per heavy atom. The maximum Gasteiger partial charge on any atom is 0.335 e. The lowest BCUT2D eigenvalue weighted by molar-refractivity contribution is -0.122. The number of thiocarbonyl (C=S) groups is 1. The van der Waals surface area contributed by atoms with E-state index in [0.717, 1.165) is 53.0 Å². The van der Waals surface area contributed by atoms with Gasteiger partial charge in [0.1, 0.15) is 16.7 Å². The highest BCUT2D eigenvalue weighted by atomic mass is 32.2. The van der Waals surface area contributed by atoms with Gasteiger partial charge in [0.15, 0.2) is 11.5 Å². The molecule has 2 aliphatic rings. The number of carboxylic acid groups (broad SMARTS) is 1. The summed E-state index contributed by atoms with van der Waals surface area (Å²) in [4.78, 5) is 32.6. The van der Waals surface area contributed by atoms with Crippen molar-refractivity contribution < 1.29 is 28.9 Å². The van der Waals surface area contributed by atoms with Gasteiger partial charge in [-0.25, -0.2) is 4.79 Å². The van der Waals surface area contributed by atoms with Crippen LogP contribution in [0.4, 0.5) is 0 Å². The molecule has 4 aromatic rings. The molecule has 0 radical (unpaired) electrons. The van der Waals surface area contributed by atoms with Gasteiger partial charge in [-0.1, -0.05) is 36.1 Å². The summed E-state index contributed by atoms with van der Waals surface area (Å²) in [6.45, 7) is 4.32. The van der Waals surface area contributed by atoms with Crippen LogP contribution in [0.15, 0.2) is 71.8 Å². The molecule has 0 aliphatic carbocycles. The number of likely N-dealkylation sites (tertiary alicyclic amines) is 1. The summed E-state index contributed by atoms with van der Waals surface area (Å²) in [6.07, 6.45) is 6.79. The zero-order chi connectivity index (χ0) is 32.0. The normalized spacial score (nSPS) is 16.1. The molecule has 2 aliphatic heterocycles. The topological polar surface area (TPSA) is 104 Å². The zero-order valence-corrected chi connectivity index (χ0v) is 27.1. The van der Waals surface area contributed by atoms with Crippen LogP contribution in [0.25, 0.3) is 28.1 Å². The molecule has 2 fully saturated rings. The average Bonchev–Trinajstić information content (AvgIpc) is 3.81. The molecule has 2 N–H and O–H groups in total. The number of H-pyrrole nitrogens is 1. The van der Waals surface area contributed by atoms with E-state index >= 15 is 0 Å². The van der Waals surface area contributed by atoms with Gasteiger partial charge in [-0.15, -0.1) is 0 Å². The summed E-state index contributed by atoms with van der Waals surface area (Å²) in [5, 5.41) is 10.4. The number of methoxy groups -OCH3 is 1. The van der Waals surface area contributed by atoms with Crippen molar-refractivity contribution in [1.29, 1.82) is 0 Å².